The van der Waals surface area contributed by atoms with Gasteiger partial charge in [0, 0.05) is 6.61 Å². The molecule has 0 atom stereocenters. The van der Waals surface area contributed by atoms with Crippen LogP contribution in [0.25, 0.3) is 0 Å². The Morgan fingerprint density at radius 1 is 0.870 bits per heavy atom. The van der Waals surface area contributed by atoms with Crippen molar-refractivity contribution in [3.63, 3.8) is 0 Å². The van der Waals surface area contributed by atoms with Gasteiger partial charge in [-0.3, -0.25) is 9.59 Å². The van der Waals surface area contributed by atoms with Crippen LogP contribution in [0, 0.1) is 0 Å². The highest BCUT2D eigenvalue weighted by molar-refractivity contribution is 5.88. The Kier molecular flexibility index (Phi) is 14.2. The van der Waals surface area contributed by atoms with Crippen LogP contribution in [0.4, 0.5) is 0 Å². The first kappa shape index (κ1) is 23.5. The van der Waals surface area contributed by atoms with Crippen LogP contribution in [0.3, 0.4) is 0 Å². The van der Waals surface area contributed by atoms with Crippen molar-refractivity contribution in [3.8, 4) is 0 Å². The fourth-order valence-electron chi connectivity index (χ4n) is 1.39. The Balaban J connectivity index is 0. The van der Waals surface area contributed by atoms with Crippen LogP contribution in [0.2, 0.25) is 0 Å². The molecular formula is C13H24O10. The highest BCUT2D eigenvalue weighted by Crippen LogP contribution is 2.22. The maximum Gasteiger partial charge on any atom is 0.337 e. The molecule has 136 valence electrons. The Hall–Kier alpha value is -1.75. The summed E-state index contributed by atoms with van der Waals surface area (Å²) in [5, 5.41) is 42.2. The van der Waals surface area contributed by atoms with Gasteiger partial charge in [0.2, 0.25) is 0 Å². The summed E-state index contributed by atoms with van der Waals surface area (Å²) in [4.78, 5) is 32.0. The molecular weight excluding hydrogens is 316 g/mol. The highest BCUT2D eigenvalue weighted by atomic mass is 16.5. The highest BCUT2D eigenvalue weighted by Gasteiger charge is 2.44. The molecule has 0 aromatic rings. The molecule has 0 aromatic heterocycles. The van der Waals surface area contributed by atoms with E-state index in [4.69, 9.17) is 30.3 Å². The third kappa shape index (κ3) is 12.5. The lowest BCUT2D eigenvalue weighted by atomic mass is 9.95. The Bertz CT molecular complexity index is 335. The quantitative estimate of drug-likeness (QED) is 0.282. The standard InChI is InChI=1S/C9H14O7.C4H10O3/c1-2-3-16-9(8(14)15,4-6(10)11)5-7(12)13;5-1-3-7-4-2-6/h2-5H2,1H3,(H,10,11)(H,12,13)(H,14,15);5-6H,1-4H2. The van der Waals surface area contributed by atoms with Crippen LogP contribution in [0.15, 0.2) is 0 Å². The maximum absolute atomic E-state index is 10.9. The first-order chi connectivity index (χ1) is 10.8. The van der Waals surface area contributed by atoms with Gasteiger partial charge >= 0.3 is 17.9 Å². The summed E-state index contributed by atoms with van der Waals surface area (Å²) in [7, 11) is 0. The van der Waals surface area contributed by atoms with E-state index in [0.29, 0.717) is 19.6 Å². The van der Waals surface area contributed by atoms with Crippen molar-refractivity contribution < 1.29 is 49.4 Å². The van der Waals surface area contributed by atoms with Crippen LogP contribution in [-0.4, -0.2) is 82.1 Å². The van der Waals surface area contributed by atoms with Gasteiger partial charge in [0.15, 0.2) is 5.60 Å². The summed E-state index contributed by atoms with van der Waals surface area (Å²) >= 11 is 0. The van der Waals surface area contributed by atoms with Gasteiger partial charge in [0.05, 0.1) is 39.3 Å². The number of hydrogen-bond donors (Lipinski definition) is 5. The number of carboxylic acid groups (broad SMARTS) is 3. The Morgan fingerprint density at radius 2 is 1.30 bits per heavy atom. The molecule has 23 heavy (non-hydrogen) atoms. The Labute approximate surface area is 133 Å². The second-order valence-corrected chi connectivity index (χ2v) is 4.35. The summed E-state index contributed by atoms with van der Waals surface area (Å²) in [6, 6.07) is 0. The van der Waals surface area contributed by atoms with Gasteiger partial charge in [0.1, 0.15) is 0 Å². The van der Waals surface area contributed by atoms with E-state index in [-0.39, 0.29) is 19.8 Å². The SMILES string of the molecule is CCCOC(CC(=O)O)(CC(=O)O)C(=O)O.OCCOCCO. The summed E-state index contributed by atoms with van der Waals surface area (Å²) in [6.07, 6.45) is -1.29. The second-order valence-electron chi connectivity index (χ2n) is 4.35. The van der Waals surface area contributed by atoms with E-state index in [1.807, 2.05) is 0 Å². The first-order valence-electron chi connectivity index (χ1n) is 6.86. The predicted molar refractivity (Wildman–Crippen MR) is 76.1 cm³/mol. The van der Waals surface area contributed by atoms with Gasteiger partial charge in [-0.05, 0) is 6.42 Å². The van der Waals surface area contributed by atoms with Crippen molar-refractivity contribution in [1.29, 1.82) is 0 Å². The lowest BCUT2D eigenvalue weighted by Gasteiger charge is -2.26. The smallest absolute Gasteiger partial charge is 0.337 e. The van der Waals surface area contributed by atoms with Gasteiger partial charge in [-0.15, -0.1) is 0 Å². The average molecular weight is 340 g/mol. The van der Waals surface area contributed by atoms with E-state index in [2.05, 4.69) is 4.74 Å². The minimum Gasteiger partial charge on any atom is -0.481 e. The Morgan fingerprint density at radius 3 is 1.57 bits per heavy atom. The third-order valence-electron chi connectivity index (χ3n) is 2.32. The van der Waals surface area contributed by atoms with Gasteiger partial charge in [-0.25, -0.2) is 4.79 Å². The van der Waals surface area contributed by atoms with Gasteiger partial charge in [-0.2, -0.15) is 0 Å². The van der Waals surface area contributed by atoms with Crippen molar-refractivity contribution in [3.05, 3.63) is 0 Å². The number of aliphatic hydroxyl groups excluding tert-OH is 2. The molecule has 0 spiro atoms. The average Bonchev–Trinajstić information content (AvgIpc) is 2.44. The molecule has 10 heteroatoms. The number of aliphatic hydroxyl groups is 2. The molecule has 0 fully saturated rings. The van der Waals surface area contributed by atoms with E-state index in [9.17, 15) is 14.4 Å². The van der Waals surface area contributed by atoms with Gasteiger partial charge in [-0.1, -0.05) is 6.92 Å². The van der Waals surface area contributed by atoms with Gasteiger partial charge < -0.3 is 35.0 Å². The number of carbonyl (C=O) groups is 3. The fourth-order valence-corrected chi connectivity index (χ4v) is 1.39. The van der Waals surface area contributed by atoms with Crippen LogP contribution in [0.1, 0.15) is 26.2 Å². The van der Waals surface area contributed by atoms with Crippen molar-refractivity contribution in [1.82, 2.24) is 0 Å². The van der Waals surface area contributed by atoms with E-state index in [1.54, 1.807) is 6.92 Å². The molecule has 0 aliphatic rings. The van der Waals surface area contributed by atoms with Crippen molar-refractivity contribution in [2.75, 3.05) is 33.0 Å². The minimum atomic E-state index is -2.19. The second kappa shape index (κ2) is 13.9. The van der Waals surface area contributed by atoms with Crippen molar-refractivity contribution in [2.45, 2.75) is 31.8 Å². The molecule has 0 aliphatic heterocycles. The van der Waals surface area contributed by atoms with Crippen molar-refractivity contribution >= 4 is 17.9 Å². The topological polar surface area (TPSA) is 171 Å². The van der Waals surface area contributed by atoms with E-state index < -0.39 is 36.4 Å². The summed E-state index contributed by atoms with van der Waals surface area (Å²) < 4.78 is 9.53. The molecule has 0 amide bonds. The molecule has 0 saturated carbocycles. The van der Waals surface area contributed by atoms with Crippen LogP contribution in [0.5, 0.6) is 0 Å². The maximum atomic E-state index is 10.9. The van der Waals surface area contributed by atoms with Crippen molar-refractivity contribution in [2.24, 2.45) is 0 Å². The predicted octanol–water partition coefficient (Wildman–Crippen LogP) is -0.827. The normalized spacial score (nSPS) is 10.6. The number of hydrogen-bond acceptors (Lipinski definition) is 7. The zero-order valence-corrected chi connectivity index (χ0v) is 12.9. The summed E-state index contributed by atoms with van der Waals surface area (Å²) in [5.74, 6) is -4.41. The molecule has 0 bridgehead atoms. The van der Waals surface area contributed by atoms with E-state index in [1.165, 1.54) is 0 Å². The van der Waals surface area contributed by atoms with Crippen LogP contribution < -0.4 is 0 Å². The molecule has 0 aromatic carbocycles. The zero-order valence-electron chi connectivity index (χ0n) is 12.9. The third-order valence-corrected chi connectivity index (χ3v) is 2.32. The lowest BCUT2D eigenvalue weighted by molar-refractivity contribution is -0.178. The molecule has 0 saturated heterocycles. The van der Waals surface area contributed by atoms with E-state index >= 15 is 0 Å². The molecule has 10 nitrogen and oxygen atoms in total. The zero-order chi connectivity index (χ0) is 18.3. The van der Waals surface area contributed by atoms with Crippen LogP contribution in [-0.2, 0) is 23.9 Å². The minimum absolute atomic E-state index is 0.00708. The summed E-state index contributed by atoms with van der Waals surface area (Å²) in [5.41, 5.74) is -2.19. The lowest BCUT2D eigenvalue weighted by Crippen LogP contribution is -2.45. The fraction of sp³-hybridized carbons (Fsp3) is 0.769. The molecule has 0 heterocycles. The number of carboxylic acids is 3. The molecule has 0 radical (unpaired) electrons. The molecule has 0 rings (SSSR count). The molecule has 5 N–H and O–H groups in total. The monoisotopic (exact) mass is 340 g/mol. The summed E-state index contributed by atoms with van der Waals surface area (Å²) in [6.45, 7) is 2.39. The van der Waals surface area contributed by atoms with Gasteiger partial charge in [0.25, 0.3) is 0 Å². The number of rotatable bonds is 12. The van der Waals surface area contributed by atoms with E-state index in [0.717, 1.165) is 0 Å². The first-order valence-corrected chi connectivity index (χ1v) is 6.86. The number of aliphatic carboxylic acids is 3. The largest absolute Gasteiger partial charge is 0.481 e. The molecule has 0 aliphatic carbocycles. The molecule has 0 unspecified atom stereocenters. The number of ether oxygens (including phenoxy) is 2. The van der Waals surface area contributed by atoms with Crippen LogP contribution >= 0.6 is 0 Å².